The number of methoxy groups -OCH3 is 1. The van der Waals surface area contributed by atoms with Gasteiger partial charge in [-0.2, -0.15) is 0 Å². The van der Waals surface area contributed by atoms with Gasteiger partial charge >= 0.3 is 0 Å². The highest BCUT2D eigenvalue weighted by Gasteiger charge is 2.02. The number of benzene rings is 1. The largest absolute Gasteiger partial charge is 0.495 e. The van der Waals surface area contributed by atoms with Crippen LogP contribution in [0, 0.1) is 0 Å². The third kappa shape index (κ3) is 3.20. The molecule has 0 aliphatic rings. The van der Waals surface area contributed by atoms with Crippen molar-refractivity contribution in [1.82, 2.24) is 4.98 Å². The van der Waals surface area contributed by atoms with Crippen molar-refractivity contribution in [1.29, 1.82) is 0 Å². The van der Waals surface area contributed by atoms with E-state index < -0.39 is 0 Å². The number of ether oxygens (including phenoxy) is 1. The number of hydrogen-bond donors (Lipinski definition) is 1. The second kappa shape index (κ2) is 5.68. The minimum Gasteiger partial charge on any atom is -0.495 e. The Morgan fingerprint density at radius 1 is 1.24 bits per heavy atom. The van der Waals surface area contributed by atoms with Gasteiger partial charge in [0, 0.05) is 23.4 Å². The van der Waals surface area contributed by atoms with Gasteiger partial charge in [-0.25, -0.2) is 0 Å². The summed E-state index contributed by atoms with van der Waals surface area (Å²) in [5, 5.41) is 3.34. The van der Waals surface area contributed by atoms with Gasteiger partial charge in [-0.1, -0.05) is 15.9 Å². The summed E-state index contributed by atoms with van der Waals surface area (Å²) in [4.78, 5) is 3.99. The zero-order chi connectivity index (χ0) is 12.1. The van der Waals surface area contributed by atoms with Crippen molar-refractivity contribution in [2.24, 2.45) is 0 Å². The van der Waals surface area contributed by atoms with Crippen LogP contribution in [-0.4, -0.2) is 12.1 Å². The number of hydrogen-bond acceptors (Lipinski definition) is 3. The Balaban J connectivity index is 2.11. The van der Waals surface area contributed by atoms with E-state index in [0.29, 0.717) is 0 Å². The van der Waals surface area contributed by atoms with Crippen molar-refractivity contribution in [2.75, 3.05) is 12.4 Å². The molecule has 0 atom stereocenters. The van der Waals surface area contributed by atoms with E-state index in [1.165, 1.54) is 5.56 Å². The molecule has 17 heavy (non-hydrogen) atoms. The van der Waals surface area contributed by atoms with E-state index >= 15 is 0 Å². The summed E-state index contributed by atoms with van der Waals surface area (Å²) in [5.41, 5.74) is 2.15. The highest BCUT2D eigenvalue weighted by Crippen LogP contribution is 2.28. The molecule has 0 spiro atoms. The Morgan fingerprint density at radius 3 is 2.71 bits per heavy atom. The highest BCUT2D eigenvalue weighted by atomic mass is 79.9. The summed E-state index contributed by atoms with van der Waals surface area (Å²) in [6, 6.07) is 9.85. The second-order valence-electron chi connectivity index (χ2n) is 3.55. The summed E-state index contributed by atoms with van der Waals surface area (Å²) in [5.74, 6) is 0.835. The van der Waals surface area contributed by atoms with Crippen LogP contribution in [0.25, 0.3) is 0 Å². The molecule has 0 aliphatic carbocycles. The van der Waals surface area contributed by atoms with E-state index in [4.69, 9.17) is 4.74 Å². The van der Waals surface area contributed by atoms with Crippen molar-refractivity contribution < 1.29 is 4.74 Å². The van der Waals surface area contributed by atoms with Gasteiger partial charge in [-0.05, 0) is 35.9 Å². The Labute approximate surface area is 109 Å². The van der Waals surface area contributed by atoms with Gasteiger partial charge in [0.2, 0.25) is 0 Å². The van der Waals surface area contributed by atoms with Crippen molar-refractivity contribution in [3.63, 3.8) is 0 Å². The van der Waals surface area contributed by atoms with Gasteiger partial charge < -0.3 is 10.1 Å². The fourth-order valence-corrected chi connectivity index (χ4v) is 1.88. The molecule has 1 aromatic carbocycles. The predicted molar refractivity (Wildman–Crippen MR) is 72.3 cm³/mol. The van der Waals surface area contributed by atoms with E-state index in [1.54, 1.807) is 19.5 Å². The molecule has 88 valence electrons. The maximum atomic E-state index is 5.29. The van der Waals surface area contributed by atoms with Crippen molar-refractivity contribution in [3.8, 4) is 5.75 Å². The number of nitrogens with one attached hydrogen (secondary N) is 1. The standard InChI is InChI=1S/C13H13BrN2O/c1-17-13-3-2-11(14)8-12(13)16-9-10-4-6-15-7-5-10/h2-8,16H,9H2,1H3. The molecule has 0 radical (unpaired) electrons. The maximum Gasteiger partial charge on any atom is 0.142 e. The van der Waals surface area contributed by atoms with E-state index in [1.807, 2.05) is 30.3 Å². The molecule has 0 amide bonds. The molecule has 0 saturated carbocycles. The molecule has 1 heterocycles. The van der Waals surface area contributed by atoms with Gasteiger partial charge in [0.25, 0.3) is 0 Å². The zero-order valence-corrected chi connectivity index (χ0v) is 11.1. The number of aromatic nitrogens is 1. The number of anilines is 1. The first kappa shape index (κ1) is 11.9. The van der Waals surface area contributed by atoms with Crippen LogP contribution >= 0.6 is 15.9 Å². The summed E-state index contributed by atoms with van der Waals surface area (Å²) >= 11 is 3.45. The molecule has 0 unspecified atom stereocenters. The van der Waals surface area contributed by atoms with Crippen LogP contribution in [0.4, 0.5) is 5.69 Å². The Bertz CT molecular complexity index is 488. The van der Waals surface area contributed by atoms with Crippen LogP contribution in [0.3, 0.4) is 0 Å². The van der Waals surface area contributed by atoms with Gasteiger partial charge in [-0.15, -0.1) is 0 Å². The SMILES string of the molecule is COc1ccc(Br)cc1NCc1ccncc1. The normalized spacial score (nSPS) is 10.0. The number of rotatable bonds is 4. The van der Waals surface area contributed by atoms with Crippen LogP contribution in [0.2, 0.25) is 0 Å². The van der Waals surface area contributed by atoms with Crippen LogP contribution in [0.15, 0.2) is 47.2 Å². The van der Waals surface area contributed by atoms with Crippen LogP contribution < -0.4 is 10.1 Å². The number of pyridine rings is 1. The average Bonchev–Trinajstić information content (AvgIpc) is 2.38. The van der Waals surface area contributed by atoms with Crippen LogP contribution in [0.5, 0.6) is 5.75 Å². The minimum atomic E-state index is 0.745. The van der Waals surface area contributed by atoms with Crippen molar-refractivity contribution >= 4 is 21.6 Å². The lowest BCUT2D eigenvalue weighted by atomic mass is 10.2. The highest BCUT2D eigenvalue weighted by molar-refractivity contribution is 9.10. The smallest absolute Gasteiger partial charge is 0.142 e. The molecular formula is C13H13BrN2O. The molecule has 1 N–H and O–H groups in total. The topological polar surface area (TPSA) is 34.1 Å². The second-order valence-corrected chi connectivity index (χ2v) is 4.47. The Hall–Kier alpha value is -1.55. The van der Waals surface area contributed by atoms with Gasteiger partial charge in [0.05, 0.1) is 12.8 Å². The lowest BCUT2D eigenvalue weighted by Crippen LogP contribution is -2.01. The Morgan fingerprint density at radius 2 is 2.00 bits per heavy atom. The van der Waals surface area contributed by atoms with Gasteiger partial charge in [-0.3, -0.25) is 4.98 Å². The Kier molecular flexibility index (Phi) is 3.98. The first-order valence-corrected chi connectivity index (χ1v) is 6.05. The molecule has 2 rings (SSSR count). The van der Waals surface area contributed by atoms with Gasteiger partial charge in [0.15, 0.2) is 0 Å². The number of nitrogens with zero attached hydrogens (tertiary/aromatic N) is 1. The molecule has 0 saturated heterocycles. The van der Waals surface area contributed by atoms with Crippen LogP contribution in [-0.2, 0) is 6.54 Å². The summed E-state index contributed by atoms with van der Waals surface area (Å²) < 4.78 is 6.32. The average molecular weight is 293 g/mol. The lowest BCUT2D eigenvalue weighted by molar-refractivity contribution is 0.416. The van der Waals surface area contributed by atoms with Crippen LogP contribution in [0.1, 0.15) is 5.56 Å². The minimum absolute atomic E-state index is 0.745. The van der Waals surface area contributed by atoms with Gasteiger partial charge in [0.1, 0.15) is 5.75 Å². The molecule has 2 aromatic rings. The molecule has 0 aliphatic heterocycles. The van der Waals surface area contributed by atoms with Crippen molar-refractivity contribution in [2.45, 2.75) is 6.54 Å². The summed E-state index contributed by atoms with van der Waals surface area (Å²) in [6.45, 7) is 0.745. The molecule has 0 bridgehead atoms. The summed E-state index contributed by atoms with van der Waals surface area (Å²) in [7, 11) is 1.67. The molecule has 3 nitrogen and oxygen atoms in total. The third-order valence-electron chi connectivity index (χ3n) is 2.39. The zero-order valence-electron chi connectivity index (χ0n) is 9.48. The monoisotopic (exact) mass is 292 g/mol. The number of halogens is 1. The molecule has 1 aromatic heterocycles. The fourth-order valence-electron chi connectivity index (χ4n) is 1.52. The maximum absolute atomic E-state index is 5.29. The van der Waals surface area contributed by atoms with E-state index in [9.17, 15) is 0 Å². The third-order valence-corrected chi connectivity index (χ3v) is 2.89. The van der Waals surface area contributed by atoms with Crippen molar-refractivity contribution in [3.05, 3.63) is 52.8 Å². The molecule has 4 heteroatoms. The van der Waals surface area contributed by atoms with E-state index in [2.05, 4.69) is 26.2 Å². The predicted octanol–water partition coefficient (Wildman–Crippen LogP) is 3.46. The van der Waals surface area contributed by atoms with E-state index in [-0.39, 0.29) is 0 Å². The summed E-state index contributed by atoms with van der Waals surface area (Å²) in [6.07, 6.45) is 3.57. The molecule has 0 fully saturated rings. The quantitative estimate of drug-likeness (QED) is 0.937. The first-order valence-electron chi connectivity index (χ1n) is 5.26. The first-order chi connectivity index (χ1) is 8.29. The molecular weight excluding hydrogens is 280 g/mol. The van der Waals surface area contributed by atoms with E-state index in [0.717, 1.165) is 22.5 Å². The fraction of sp³-hybridized carbons (Fsp3) is 0.154. The lowest BCUT2D eigenvalue weighted by Gasteiger charge is -2.11.